The Bertz CT molecular complexity index is 576. The first-order valence-electron chi connectivity index (χ1n) is 8.80. The fourth-order valence-electron chi connectivity index (χ4n) is 3.31. The van der Waals surface area contributed by atoms with Crippen molar-refractivity contribution in [1.82, 2.24) is 16.0 Å². The number of hydrogen-bond acceptors (Lipinski definition) is 3. The van der Waals surface area contributed by atoms with E-state index in [0.29, 0.717) is 36.9 Å². The first-order chi connectivity index (χ1) is 11.8. The Morgan fingerprint density at radius 1 is 1.25 bits per heavy atom. The number of amides is 1. The molecule has 0 radical (unpaired) electrons. The number of fused-ring (bicyclic) bond motifs is 2. The van der Waals surface area contributed by atoms with E-state index >= 15 is 0 Å². The molecule has 2 fully saturated rings. The lowest BCUT2D eigenvalue weighted by Gasteiger charge is -2.22. The molecule has 2 heterocycles. The highest BCUT2D eigenvalue weighted by Gasteiger charge is 2.41. The van der Waals surface area contributed by atoms with Gasteiger partial charge in [0.1, 0.15) is 0 Å². The van der Waals surface area contributed by atoms with Crippen LogP contribution in [0.1, 0.15) is 36.5 Å². The molecular weight excluding hydrogens is 304 g/mol. The van der Waals surface area contributed by atoms with Crippen molar-refractivity contribution >= 4 is 11.9 Å². The zero-order valence-corrected chi connectivity index (χ0v) is 14.1. The zero-order valence-electron chi connectivity index (χ0n) is 14.1. The summed E-state index contributed by atoms with van der Waals surface area (Å²) in [6, 6.07) is 9.57. The Morgan fingerprint density at radius 2 is 2.08 bits per heavy atom. The third-order valence-electron chi connectivity index (χ3n) is 4.48. The van der Waals surface area contributed by atoms with E-state index in [1.165, 1.54) is 6.42 Å². The van der Waals surface area contributed by atoms with Gasteiger partial charge in [0.05, 0.1) is 24.8 Å². The maximum absolute atomic E-state index is 12.0. The van der Waals surface area contributed by atoms with Crippen LogP contribution in [0.2, 0.25) is 0 Å². The molecule has 2 aliphatic rings. The molecule has 3 unspecified atom stereocenters. The minimum absolute atomic E-state index is 0.0646. The van der Waals surface area contributed by atoms with Gasteiger partial charge in [-0.1, -0.05) is 18.2 Å². The number of carbonyl (C=O) groups excluding carboxylic acids is 1. The number of ether oxygens (including phenoxy) is 1. The Morgan fingerprint density at radius 3 is 2.75 bits per heavy atom. The van der Waals surface area contributed by atoms with Crippen molar-refractivity contribution in [2.45, 2.75) is 44.4 Å². The van der Waals surface area contributed by atoms with Crippen LogP contribution in [0.25, 0.3) is 0 Å². The van der Waals surface area contributed by atoms with E-state index in [2.05, 4.69) is 20.9 Å². The summed E-state index contributed by atoms with van der Waals surface area (Å²) in [5.74, 6) is 0.734. The van der Waals surface area contributed by atoms with Crippen molar-refractivity contribution in [3.8, 4) is 0 Å². The summed E-state index contributed by atoms with van der Waals surface area (Å²) in [4.78, 5) is 16.5. The van der Waals surface area contributed by atoms with Crippen molar-refractivity contribution < 1.29 is 9.53 Å². The summed E-state index contributed by atoms with van der Waals surface area (Å²) >= 11 is 0. The van der Waals surface area contributed by atoms with Crippen LogP contribution in [-0.4, -0.2) is 49.8 Å². The summed E-state index contributed by atoms with van der Waals surface area (Å²) < 4.78 is 5.87. The molecule has 3 rings (SSSR count). The molecule has 1 aromatic rings. The van der Waals surface area contributed by atoms with Gasteiger partial charge in [0.25, 0.3) is 5.91 Å². The number of guanidine groups is 1. The Kier molecular flexibility index (Phi) is 5.69. The van der Waals surface area contributed by atoms with E-state index in [9.17, 15) is 4.79 Å². The average molecular weight is 330 g/mol. The van der Waals surface area contributed by atoms with E-state index in [1.54, 1.807) is 12.1 Å². The molecule has 6 nitrogen and oxygen atoms in total. The van der Waals surface area contributed by atoms with Gasteiger partial charge in [-0.15, -0.1) is 0 Å². The molecule has 0 spiro atoms. The minimum atomic E-state index is -0.0646. The average Bonchev–Trinajstić information content (AvgIpc) is 3.22. The lowest BCUT2D eigenvalue weighted by atomic mass is 9.96. The van der Waals surface area contributed by atoms with E-state index < -0.39 is 0 Å². The first-order valence-corrected chi connectivity index (χ1v) is 8.80. The Hall–Kier alpha value is -2.08. The molecular formula is C18H26N4O2. The number of rotatable bonds is 6. The van der Waals surface area contributed by atoms with Crippen LogP contribution in [-0.2, 0) is 4.74 Å². The van der Waals surface area contributed by atoms with Crippen LogP contribution in [0.4, 0.5) is 0 Å². The Balaban J connectivity index is 1.45. The lowest BCUT2D eigenvalue weighted by Crippen LogP contribution is -2.47. The topological polar surface area (TPSA) is 74.8 Å². The summed E-state index contributed by atoms with van der Waals surface area (Å²) in [5.41, 5.74) is 0.672. The first kappa shape index (κ1) is 16.8. The molecule has 3 N–H and O–H groups in total. The Labute approximate surface area is 143 Å². The minimum Gasteiger partial charge on any atom is -0.373 e. The molecule has 0 aliphatic carbocycles. The summed E-state index contributed by atoms with van der Waals surface area (Å²) in [7, 11) is 0. The maximum atomic E-state index is 12.0. The second-order valence-electron chi connectivity index (χ2n) is 6.24. The van der Waals surface area contributed by atoms with Crippen LogP contribution in [0.3, 0.4) is 0 Å². The van der Waals surface area contributed by atoms with Crippen LogP contribution >= 0.6 is 0 Å². The van der Waals surface area contributed by atoms with Crippen molar-refractivity contribution in [2.75, 3.05) is 19.6 Å². The molecule has 24 heavy (non-hydrogen) atoms. The molecule has 6 heteroatoms. The zero-order chi connectivity index (χ0) is 16.8. The SMILES string of the molecule is CCNC(=NCCNC(=O)c1ccccc1)NC1CC2CCC1O2. The van der Waals surface area contributed by atoms with Gasteiger partial charge in [-0.25, -0.2) is 0 Å². The van der Waals surface area contributed by atoms with Gasteiger partial charge in [0.2, 0.25) is 0 Å². The molecule has 2 bridgehead atoms. The van der Waals surface area contributed by atoms with E-state index in [1.807, 2.05) is 25.1 Å². The second-order valence-corrected chi connectivity index (χ2v) is 6.24. The summed E-state index contributed by atoms with van der Waals surface area (Å²) in [5, 5.41) is 9.62. The number of aliphatic imine (C=N–C) groups is 1. The molecule has 1 aromatic carbocycles. The van der Waals surface area contributed by atoms with E-state index in [-0.39, 0.29) is 5.91 Å². The van der Waals surface area contributed by atoms with Gasteiger partial charge in [-0.2, -0.15) is 0 Å². The normalized spacial score (nSPS) is 25.5. The van der Waals surface area contributed by atoms with Gasteiger partial charge in [-0.05, 0) is 38.3 Å². The van der Waals surface area contributed by atoms with Crippen molar-refractivity contribution in [1.29, 1.82) is 0 Å². The predicted molar refractivity (Wildman–Crippen MR) is 94.2 cm³/mol. The van der Waals surface area contributed by atoms with E-state index in [0.717, 1.165) is 25.3 Å². The third-order valence-corrected chi connectivity index (χ3v) is 4.48. The number of nitrogens with one attached hydrogen (secondary N) is 3. The summed E-state index contributed by atoms with van der Waals surface area (Å²) in [6.07, 6.45) is 4.11. The number of benzene rings is 1. The molecule has 0 saturated carbocycles. The van der Waals surface area contributed by atoms with Crippen LogP contribution in [0, 0.1) is 0 Å². The number of carbonyl (C=O) groups is 1. The van der Waals surface area contributed by atoms with Gasteiger partial charge < -0.3 is 20.7 Å². The molecule has 1 amide bonds. The van der Waals surface area contributed by atoms with E-state index in [4.69, 9.17) is 4.74 Å². The standard InChI is InChI=1S/C18H26N4O2/c1-2-19-18(22-15-12-14-8-9-16(15)24-14)21-11-10-20-17(23)13-6-4-3-5-7-13/h3-7,14-16H,2,8-12H2,1H3,(H,20,23)(H2,19,21,22). The van der Waals surface area contributed by atoms with Crippen molar-refractivity contribution in [2.24, 2.45) is 4.99 Å². The second kappa shape index (κ2) is 8.15. The predicted octanol–water partition coefficient (Wildman–Crippen LogP) is 1.29. The fourth-order valence-corrected chi connectivity index (χ4v) is 3.31. The van der Waals surface area contributed by atoms with Crippen molar-refractivity contribution in [3.63, 3.8) is 0 Å². The lowest BCUT2D eigenvalue weighted by molar-refractivity contribution is 0.0954. The van der Waals surface area contributed by atoms with Crippen LogP contribution < -0.4 is 16.0 Å². The molecule has 2 saturated heterocycles. The highest BCUT2D eigenvalue weighted by molar-refractivity contribution is 5.94. The largest absolute Gasteiger partial charge is 0.373 e. The number of hydrogen-bond donors (Lipinski definition) is 3. The number of nitrogens with zero attached hydrogens (tertiary/aromatic N) is 1. The van der Waals surface area contributed by atoms with Gasteiger partial charge >= 0.3 is 0 Å². The quantitative estimate of drug-likeness (QED) is 0.417. The molecule has 130 valence electrons. The highest BCUT2D eigenvalue weighted by atomic mass is 16.5. The molecule has 3 atom stereocenters. The summed E-state index contributed by atoms with van der Waals surface area (Å²) in [6.45, 7) is 3.91. The smallest absolute Gasteiger partial charge is 0.251 e. The van der Waals surface area contributed by atoms with Crippen LogP contribution in [0.15, 0.2) is 35.3 Å². The fraction of sp³-hybridized carbons (Fsp3) is 0.556. The highest BCUT2D eigenvalue weighted by Crippen LogP contribution is 2.34. The van der Waals surface area contributed by atoms with Crippen LogP contribution in [0.5, 0.6) is 0 Å². The monoisotopic (exact) mass is 330 g/mol. The van der Waals surface area contributed by atoms with Gasteiger partial charge in [0.15, 0.2) is 5.96 Å². The molecule has 0 aromatic heterocycles. The maximum Gasteiger partial charge on any atom is 0.251 e. The van der Waals surface area contributed by atoms with Gasteiger partial charge in [-0.3, -0.25) is 9.79 Å². The van der Waals surface area contributed by atoms with Crippen molar-refractivity contribution in [3.05, 3.63) is 35.9 Å². The van der Waals surface area contributed by atoms with Gasteiger partial charge in [0, 0.05) is 18.7 Å². The third kappa shape index (κ3) is 4.26. The molecule has 2 aliphatic heterocycles.